The first kappa shape index (κ1) is 20.9. The summed E-state index contributed by atoms with van der Waals surface area (Å²) in [6.45, 7) is 0. The molecule has 0 radical (unpaired) electrons. The number of nitrogens with one attached hydrogen (secondary N) is 1. The topological polar surface area (TPSA) is 73.9 Å². The van der Waals surface area contributed by atoms with Crippen LogP contribution in [0.2, 0.25) is 0 Å². The van der Waals surface area contributed by atoms with Crippen LogP contribution in [0.5, 0.6) is 11.5 Å². The molecule has 0 unspecified atom stereocenters. The predicted molar refractivity (Wildman–Crippen MR) is 109 cm³/mol. The molecule has 3 aromatic rings. The summed E-state index contributed by atoms with van der Waals surface area (Å²) in [6.07, 6.45) is -1.24. The average molecular weight is 409 g/mol. The van der Waals surface area contributed by atoms with Gasteiger partial charge in [-0.3, -0.25) is 4.79 Å². The average Bonchev–Trinajstić information content (AvgIpc) is 2.78. The summed E-state index contributed by atoms with van der Waals surface area (Å²) in [4.78, 5) is 25.8. The van der Waals surface area contributed by atoms with Gasteiger partial charge < -0.3 is 19.5 Å². The highest BCUT2D eigenvalue weighted by Crippen LogP contribution is 2.32. The second kappa shape index (κ2) is 9.56. The van der Waals surface area contributed by atoms with Gasteiger partial charge in [0.25, 0.3) is 5.91 Å². The quantitative estimate of drug-likeness (QED) is 0.586. The van der Waals surface area contributed by atoms with Crippen molar-refractivity contribution in [3.8, 4) is 11.5 Å². The summed E-state index contributed by atoms with van der Waals surface area (Å²) in [5, 5.41) is 2.64. The van der Waals surface area contributed by atoms with Crippen LogP contribution >= 0.6 is 0 Å². The monoisotopic (exact) mass is 409 g/mol. The molecule has 1 atom stereocenters. The fourth-order valence-corrected chi connectivity index (χ4v) is 2.86. The fraction of sp³-hybridized carbons (Fsp3) is 0.130. The number of methoxy groups -OCH3 is 2. The Morgan fingerprint density at radius 1 is 0.867 bits per heavy atom. The third kappa shape index (κ3) is 4.75. The molecule has 3 rings (SSSR count). The molecular weight excluding hydrogens is 389 g/mol. The predicted octanol–water partition coefficient (Wildman–Crippen LogP) is 4.38. The van der Waals surface area contributed by atoms with Gasteiger partial charge in [-0.2, -0.15) is 0 Å². The van der Waals surface area contributed by atoms with Crippen LogP contribution in [0.15, 0.2) is 72.8 Å². The number of halogens is 1. The van der Waals surface area contributed by atoms with Crippen LogP contribution in [0.3, 0.4) is 0 Å². The fourth-order valence-electron chi connectivity index (χ4n) is 2.86. The number of rotatable bonds is 7. The van der Waals surface area contributed by atoms with Crippen LogP contribution < -0.4 is 14.8 Å². The van der Waals surface area contributed by atoms with Crippen molar-refractivity contribution in [1.29, 1.82) is 0 Å². The molecule has 6 nitrogen and oxygen atoms in total. The Morgan fingerprint density at radius 2 is 1.57 bits per heavy atom. The molecule has 0 aromatic heterocycles. The molecule has 1 N–H and O–H groups in total. The maximum Gasteiger partial charge on any atom is 0.343 e. The minimum Gasteiger partial charge on any atom is -0.493 e. The van der Waals surface area contributed by atoms with Crippen molar-refractivity contribution in [3.63, 3.8) is 0 Å². The van der Waals surface area contributed by atoms with Crippen molar-refractivity contribution in [2.45, 2.75) is 6.10 Å². The van der Waals surface area contributed by atoms with E-state index in [2.05, 4.69) is 5.32 Å². The lowest BCUT2D eigenvalue weighted by Crippen LogP contribution is -2.26. The molecule has 0 aliphatic carbocycles. The van der Waals surface area contributed by atoms with Crippen LogP contribution in [0.1, 0.15) is 22.0 Å². The Bertz CT molecular complexity index is 1020. The van der Waals surface area contributed by atoms with Gasteiger partial charge in [0.05, 0.1) is 14.2 Å². The lowest BCUT2D eigenvalue weighted by molar-refractivity contribution is -0.125. The number of anilines is 1. The molecule has 30 heavy (non-hydrogen) atoms. The van der Waals surface area contributed by atoms with Gasteiger partial charge >= 0.3 is 5.97 Å². The van der Waals surface area contributed by atoms with E-state index in [0.717, 1.165) is 0 Å². The first-order valence-corrected chi connectivity index (χ1v) is 9.07. The van der Waals surface area contributed by atoms with Crippen LogP contribution in [-0.2, 0) is 9.53 Å². The number of hydrogen-bond donors (Lipinski definition) is 1. The molecular formula is C23H20FNO5. The van der Waals surface area contributed by atoms with Gasteiger partial charge in [0.15, 0.2) is 11.5 Å². The number of carbonyl (C=O) groups is 2. The van der Waals surface area contributed by atoms with Crippen LogP contribution in [0, 0.1) is 5.82 Å². The molecule has 0 aliphatic rings. The molecule has 1 amide bonds. The van der Waals surface area contributed by atoms with E-state index in [4.69, 9.17) is 14.2 Å². The highest BCUT2D eigenvalue weighted by molar-refractivity contribution is 5.99. The zero-order valence-electron chi connectivity index (χ0n) is 16.4. The number of ether oxygens (including phenoxy) is 3. The van der Waals surface area contributed by atoms with Gasteiger partial charge in [0.2, 0.25) is 6.10 Å². The van der Waals surface area contributed by atoms with E-state index in [9.17, 15) is 14.0 Å². The summed E-state index contributed by atoms with van der Waals surface area (Å²) in [5.74, 6) is -1.20. The number of amides is 1. The summed E-state index contributed by atoms with van der Waals surface area (Å²) >= 11 is 0. The minimum atomic E-state index is -1.24. The van der Waals surface area contributed by atoms with E-state index in [0.29, 0.717) is 17.0 Å². The summed E-state index contributed by atoms with van der Waals surface area (Å²) in [5.41, 5.74) is 0.969. The zero-order valence-corrected chi connectivity index (χ0v) is 16.4. The molecule has 0 saturated carbocycles. The van der Waals surface area contributed by atoms with Crippen molar-refractivity contribution in [3.05, 3.63) is 89.7 Å². The second-order valence-corrected chi connectivity index (χ2v) is 6.23. The molecule has 7 heteroatoms. The molecule has 0 saturated heterocycles. The Morgan fingerprint density at radius 3 is 2.20 bits per heavy atom. The summed E-state index contributed by atoms with van der Waals surface area (Å²) in [7, 11) is 2.86. The van der Waals surface area contributed by atoms with Crippen molar-refractivity contribution >= 4 is 17.6 Å². The number of benzene rings is 3. The van der Waals surface area contributed by atoms with Crippen molar-refractivity contribution < 1.29 is 28.2 Å². The third-order valence-corrected chi connectivity index (χ3v) is 4.30. The van der Waals surface area contributed by atoms with E-state index in [-0.39, 0.29) is 11.3 Å². The number of hydrogen-bond acceptors (Lipinski definition) is 5. The normalized spacial score (nSPS) is 11.3. The highest BCUT2D eigenvalue weighted by atomic mass is 19.1. The largest absolute Gasteiger partial charge is 0.493 e. The van der Waals surface area contributed by atoms with E-state index >= 15 is 0 Å². The number of para-hydroxylation sites is 1. The minimum absolute atomic E-state index is 0.118. The van der Waals surface area contributed by atoms with E-state index in [1.165, 1.54) is 44.6 Å². The molecule has 0 fully saturated rings. The SMILES string of the molecule is COc1cccc(C(=O)O[C@@H](C(=O)Nc2ccc(F)cc2)c2ccccc2)c1OC. The molecule has 0 bridgehead atoms. The van der Waals surface area contributed by atoms with Crippen molar-refractivity contribution in [2.24, 2.45) is 0 Å². The first-order valence-electron chi connectivity index (χ1n) is 9.07. The Kier molecular flexibility index (Phi) is 6.64. The highest BCUT2D eigenvalue weighted by Gasteiger charge is 2.28. The van der Waals surface area contributed by atoms with Crippen LogP contribution in [-0.4, -0.2) is 26.1 Å². The number of esters is 1. The van der Waals surface area contributed by atoms with Crippen molar-refractivity contribution in [1.82, 2.24) is 0 Å². The van der Waals surface area contributed by atoms with E-state index in [1.54, 1.807) is 42.5 Å². The van der Waals surface area contributed by atoms with Gasteiger partial charge in [-0.15, -0.1) is 0 Å². The number of carbonyl (C=O) groups excluding carboxylic acids is 2. The Hall–Kier alpha value is -3.87. The Labute approximate surface area is 173 Å². The van der Waals surface area contributed by atoms with Gasteiger partial charge in [0, 0.05) is 11.3 Å². The molecule has 154 valence electrons. The summed E-state index contributed by atoms with van der Waals surface area (Å²) in [6, 6.07) is 18.6. The van der Waals surface area contributed by atoms with Crippen molar-refractivity contribution in [2.75, 3.05) is 19.5 Å². The first-order chi connectivity index (χ1) is 14.5. The standard InChI is InChI=1S/C23H20FNO5/c1-28-19-10-6-9-18(21(19)29-2)23(27)30-20(15-7-4-3-5-8-15)22(26)25-17-13-11-16(24)12-14-17/h3-14,20H,1-2H3,(H,25,26)/t20-/m1/s1. The lowest BCUT2D eigenvalue weighted by Gasteiger charge is -2.19. The van der Waals surface area contributed by atoms with E-state index in [1.807, 2.05) is 0 Å². The third-order valence-electron chi connectivity index (χ3n) is 4.30. The van der Waals surface area contributed by atoms with Crippen LogP contribution in [0.25, 0.3) is 0 Å². The lowest BCUT2D eigenvalue weighted by atomic mass is 10.1. The molecule has 0 spiro atoms. The van der Waals surface area contributed by atoms with Gasteiger partial charge in [0.1, 0.15) is 11.4 Å². The molecule has 0 aliphatic heterocycles. The van der Waals surface area contributed by atoms with E-state index < -0.39 is 23.8 Å². The van der Waals surface area contributed by atoms with Gasteiger partial charge in [-0.25, -0.2) is 9.18 Å². The molecule has 3 aromatic carbocycles. The smallest absolute Gasteiger partial charge is 0.343 e. The summed E-state index contributed by atoms with van der Waals surface area (Å²) < 4.78 is 29.2. The maximum atomic E-state index is 13.1. The maximum absolute atomic E-state index is 13.1. The van der Waals surface area contributed by atoms with Gasteiger partial charge in [-0.05, 0) is 36.4 Å². The second-order valence-electron chi connectivity index (χ2n) is 6.23. The Balaban J connectivity index is 1.89. The molecule has 0 heterocycles. The zero-order chi connectivity index (χ0) is 21.5. The van der Waals surface area contributed by atoms with Gasteiger partial charge in [-0.1, -0.05) is 36.4 Å². The van der Waals surface area contributed by atoms with Crippen LogP contribution in [0.4, 0.5) is 10.1 Å².